The zero-order chi connectivity index (χ0) is 32.5. The molecule has 0 aliphatic carbocycles. The number of methoxy groups -OCH3 is 1. The smallest absolute Gasteiger partial charge is 0.401 e. The number of carbonyl (C=O) groups is 1. The Balaban J connectivity index is 1.53. The number of anilines is 1. The lowest BCUT2D eigenvalue weighted by Crippen LogP contribution is -2.49. The Hall–Kier alpha value is -4.36. The van der Waals surface area contributed by atoms with Gasteiger partial charge in [-0.15, -0.1) is 0 Å². The van der Waals surface area contributed by atoms with Gasteiger partial charge in [0.05, 0.1) is 31.3 Å². The number of halogens is 3. The van der Waals surface area contributed by atoms with Crippen molar-refractivity contribution < 1.29 is 22.7 Å². The molecule has 45 heavy (non-hydrogen) atoms. The van der Waals surface area contributed by atoms with Gasteiger partial charge in [0.15, 0.2) is 0 Å². The lowest BCUT2D eigenvalue weighted by Gasteiger charge is -2.39. The van der Waals surface area contributed by atoms with Gasteiger partial charge in [0.1, 0.15) is 11.6 Å². The maximum Gasteiger partial charge on any atom is 0.401 e. The first kappa shape index (κ1) is 32.0. The summed E-state index contributed by atoms with van der Waals surface area (Å²) >= 11 is 0. The van der Waals surface area contributed by atoms with Gasteiger partial charge >= 0.3 is 6.18 Å². The molecule has 1 saturated heterocycles. The zero-order valence-electron chi connectivity index (χ0n) is 26.0. The summed E-state index contributed by atoms with van der Waals surface area (Å²) < 4.78 is 46.5. The van der Waals surface area contributed by atoms with E-state index in [-0.39, 0.29) is 24.1 Å². The van der Waals surface area contributed by atoms with E-state index >= 15 is 0 Å². The molecule has 1 fully saturated rings. The second-order valence-electron chi connectivity index (χ2n) is 11.3. The molecular weight excluding hydrogens is 587 g/mol. The molecule has 1 atom stereocenters. The third-order valence-electron chi connectivity index (χ3n) is 8.46. The van der Waals surface area contributed by atoms with Crippen LogP contribution >= 0.6 is 0 Å². The molecule has 5 heterocycles. The molecule has 4 aromatic heterocycles. The Morgan fingerprint density at radius 1 is 1.13 bits per heavy atom. The molecule has 0 radical (unpaired) electrons. The first-order valence-corrected chi connectivity index (χ1v) is 14.8. The van der Waals surface area contributed by atoms with Gasteiger partial charge in [-0.3, -0.25) is 19.4 Å². The summed E-state index contributed by atoms with van der Waals surface area (Å²) in [6, 6.07) is 9.12. The lowest BCUT2D eigenvalue weighted by molar-refractivity contribution is -0.149. The van der Waals surface area contributed by atoms with Gasteiger partial charge in [-0.05, 0) is 56.7 Å². The van der Waals surface area contributed by atoms with E-state index in [1.165, 1.54) is 12.0 Å². The zero-order valence-corrected chi connectivity index (χ0v) is 26.0. The van der Waals surface area contributed by atoms with E-state index in [9.17, 15) is 22.8 Å². The number of fused-ring (bicyclic) bond motifs is 1. The van der Waals surface area contributed by atoms with Gasteiger partial charge in [0.2, 0.25) is 0 Å². The summed E-state index contributed by atoms with van der Waals surface area (Å²) in [6.45, 7) is 6.16. The van der Waals surface area contributed by atoms with E-state index in [2.05, 4.69) is 25.5 Å². The van der Waals surface area contributed by atoms with E-state index in [1.54, 1.807) is 26.2 Å². The normalized spacial score (nSPS) is 15.3. The average Bonchev–Trinajstić information content (AvgIpc) is 3.42. The van der Waals surface area contributed by atoms with Gasteiger partial charge in [0, 0.05) is 79.7 Å². The summed E-state index contributed by atoms with van der Waals surface area (Å²) in [5.41, 5.74) is 5.16. The number of hydrogen-bond acceptors (Lipinski definition) is 7. The number of aromatic amines is 1. The molecule has 0 spiro atoms. The van der Waals surface area contributed by atoms with E-state index in [0.29, 0.717) is 48.7 Å². The van der Waals surface area contributed by atoms with Crippen LogP contribution in [-0.2, 0) is 6.54 Å². The minimum Gasteiger partial charge on any atom is -0.496 e. The fourth-order valence-corrected chi connectivity index (χ4v) is 6.10. The highest BCUT2D eigenvalue weighted by molar-refractivity contribution is 5.98. The van der Waals surface area contributed by atoms with Crippen LogP contribution in [0.25, 0.3) is 16.6 Å². The van der Waals surface area contributed by atoms with E-state index in [4.69, 9.17) is 4.74 Å². The number of nitrogens with zero attached hydrogens (tertiary/aromatic N) is 4. The molecule has 0 aromatic carbocycles. The molecule has 4 aromatic rings. The molecule has 240 valence electrons. The summed E-state index contributed by atoms with van der Waals surface area (Å²) in [5.74, 6) is 0.740. The standard InChI is InChI=1S/C32H38F3N7O3/c1-19-14-27(45-5)25(31(44)39-19)17-38-30(43)24-15-26-23(22-6-7-28(36-4)37-16-22)8-9-42(26)29(20(24)2)21(3)41-12-10-40(11-13-41)18-32(33,34)35/h6-9,14-16,21H,10-13,17-18H2,1-5H3,(H,36,37)(H,38,43)(H,39,44). The van der Waals surface area contributed by atoms with Crippen molar-refractivity contribution in [3.8, 4) is 16.9 Å². The van der Waals surface area contributed by atoms with Gasteiger partial charge < -0.3 is 24.8 Å². The minimum absolute atomic E-state index is 0.0441. The summed E-state index contributed by atoms with van der Waals surface area (Å²) in [4.78, 5) is 37.3. The molecule has 0 saturated carbocycles. The summed E-state index contributed by atoms with van der Waals surface area (Å²) in [7, 11) is 3.26. The number of aryl methyl sites for hydroxylation is 1. The second kappa shape index (κ2) is 12.9. The van der Waals surface area contributed by atoms with Gasteiger partial charge in [-0.1, -0.05) is 0 Å². The monoisotopic (exact) mass is 625 g/mol. The molecule has 1 unspecified atom stereocenters. The van der Waals surface area contributed by atoms with Crippen molar-refractivity contribution in [2.75, 3.05) is 52.2 Å². The number of nitrogens with one attached hydrogen (secondary N) is 3. The maximum absolute atomic E-state index is 13.8. The Morgan fingerprint density at radius 2 is 1.87 bits per heavy atom. The van der Waals surface area contributed by atoms with Crippen molar-refractivity contribution in [1.29, 1.82) is 0 Å². The summed E-state index contributed by atoms with van der Waals surface area (Å²) in [6.07, 6.45) is -0.527. The van der Waals surface area contributed by atoms with Crippen molar-refractivity contribution in [3.63, 3.8) is 0 Å². The fraction of sp³-hybridized carbons (Fsp3) is 0.406. The number of amides is 1. The van der Waals surface area contributed by atoms with Crippen LogP contribution < -0.4 is 20.9 Å². The van der Waals surface area contributed by atoms with Crippen molar-refractivity contribution in [2.45, 2.75) is 39.5 Å². The van der Waals surface area contributed by atoms with Gasteiger partial charge in [-0.25, -0.2) is 4.98 Å². The molecule has 1 amide bonds. The van der Waals surface area contributed by atoms with Gasteiger partial charge in [-0.2, -0.15) is 13.2 Å². The minimum atomic E-state index is -4.24. The third-order valence-corrected chi connectivity index (χ3v) is 8.46. The van der Waals surface area contributed by atoms with Crippen LogP contribution in [0.15, 0.2) is 47.5 Å². The molecule has 1 aliphatic rings. The largest absolute Gasteiger partial charge is 0.496 e. The van der Waals surface area contributed by atoms with E-state index < -0.39 is 12.7 Å². The quantitative estimate of drug-likeness (QED) is 0.251. The lowest BCUT2D eigenvalue weighted by atomic mass is 9.99. The predicted molar refractivity (Wildman–Crippen MR) is 167 cm³/mol. The van der Waals surface area contributed by atoms with E-state index in [1.807, 2.05) is 48.7 Å². The van der Waals surface area contributed by atoms with E-state index in [0.717, 1.165) is 33.7 Å². The highest BCUT2D eigenvalue weighted by Gasteiger charge is 2.34. The molecule has 3 N–H and O–H groups in total. The van der Waals surface area contributed by atoms with Crippen LogP contribution in [0.5, 0.6) is 5.75 Å². The van der Waals surface area contributed by atoms with Crippen LogP contribution in [0.4, 0.5) is 19.0 Å². The number of carbonyl (C=O) groups excluding carboxylic acids is 1. The number of rotatable bonds is 9. The highest BCUT2D eigenvalue weighted by atomic mass is 19.4. The highest BCUT2D eigenvalue weighted by Crippen LogP contribution is 2.34. The first-order chi connectivity index (χ1) is 21.4. The number of pyridine rings is 3. The number of alkyl halides is 3. The van der Waals surface area contributed by atoms with Crippen LogP contribution in [0.3, 0.4) is 0 Å². The van der Waals surface area contributed by atoms with Crippen LogP contribution in [0.1, 0.15) is 45.8 Å². The fourth-order valence-electron chi connectivity index (χ4n) is 6.10. The Morgan fingerprint density at radius 3 is 2.49 bits per heavy atom. The van der Waals surface area contributed by atoms with Crippen molar-refractivity contribution in [1.82, 2.24) is 29.5 Å². The second-order valence-corrected chi connectivity index (χ2v) is 11.3. The SMILES string of the molecule is CNc1ccc(-c2ccn3c(C(C)N4CCN(CC(F)(F)F)CC4)c(C)c(C(=O)NCc4c(OC)cc(C)[nH]c4=O)cc23)cn1. The predicted octanol–water partition coefficient (Wildman–Crippen LogP) is 4.53. The Kier molecular flexibility index (Phi) is 9.21. The topological polar surface area (TPSA) is 107 Å². The molecular formula is C32H38F3N7O3. The Labute approximate surface area is 259 Å². The molecule has 0 bridgehead atoms. The third kappa shape index (κ3) is 6.84. The first-order valence-electron chi connectivity index (χ1n) is 14.8. The maximum atomic E-state index is 13.8. The molecule has 10 nitrogen and oxygen atoms in total. The molecule has 13 heteroatoms. The number of hydrogen-bond donors (Lipinski definition) is 3. The summed E-state index contributed by atoms with van der Waals surface area (Å²) in [5, 5.41) is 5.91. The van der Waals surface area contributed by atoms with Crippen LogP contribution in [-0.4, -0.2) is 83.1 Å². The number of H-pyrrole nitrogens is 1. The van der Waals surface area contributed by atoms with Crippen LogP contribution in [0, 0.1) is 13.8 Å². The average molecular weight is 626 g/mol. The van der Waals surface area contributed by atoms with Crippen LogP contribution in [0.2, 0.25) is 0 Å². The molecule has 1 aliphatic heterocycles. The molecule has 5 rings (SSSR count). The van der Waals surface area contributed by atoms with Crippen molar-refractivity contribution >= 4 is 17.2 Å². The van der Waals surface area contributed by atoms with Crippen molar-refractivity contribution in [3.05, 3.63) is 81.2 Å². The number of ether oxygens (including phenoxy) is 1. The number of aromatic nitrogens is 3. The number of piperazine rings is 1. The van der Waals surface area contributed by atoms with Crippen molar-refractivity contribution in [2.24, 2.45) is 0 Å². The van der Waals surface area contributed by atoms with Gasteiger partial charge in [0.25, 0.3) is 11.5 Å². The Bertz CT molecular complexity index is 1740.